The lowest BCUT2D eigenvalue weighted by molar-refractivity contribution is 0.102. The molecule has 0 unspecified atom stereocenters. The zero-order chi connectivity index (χ0) is 14.8. The lowest BCUT2D eigenvalue weighted by Crippen LogP contribution is -2.14. The Hall–Kier alpha value is -1.52. The molecule has 3 rings (SSSR count). The van der Waals surface area contributed by atoms with Crippen LogP contribution in [0.25, 0.3) is 0 Å². The van der Waals surface area contributed by atoms with Gasteiger partial charge in [0, 0.05) is 28.0 Å². The van der Waals surface area contributed by atoms with Gasteiger partial charge in [0.25, 0.3) is 5.91 Å². The standard InChI is InChI=1S/C16H14BrClN2O/c17-13-6-4-11(8-14(13)18)16(21)20-12-5-3-10-2-1-7-19-15(10)9-12/h3-6,8-9,19H,1-2,7H2,(H,20,21). The molecule has 0 saturated heterocycles. The van der Waals surface area contributed by atoms with E-state index in [-0.39, 0.29) is 5.91 Å². The highest BCUT2D eigenvalue weighted by molar-refractivity contribution is 9.10. The lowest BCUT2D eigenvalue weighted by atomic mass is 10.0. The minimum absolute atomic E-state index is 0.167. The first-order valence-corrected chi connectivity index (χ1v) is 7.94. The maximum Gasteiger partial charge on any atom is 0.255 e. The van der Waals surface area contributed by atoms with E-state index < -0.39 is 0 Å². The van der Waals surface area contributed by atoms with Crippen molar-refractivity contribution in [1.29, 1.82) is 0 Å². The number of hydrogen-bond acceptors (Lipinski definition) is 2. The third-order valence-corrected chi connectivity index (χ3v) is 4.72. The van der Waals surface area contributed by atoms with E-state index in [0.29, 0.717) is 10.6 Å². The van der Waals surface area contributed by atoms with Gasteiger partial charge in [-0.05, 0) is 64.7 Å². The highest BCUT2D eigenvalue weighted by Crippen LogP contribution is 2.27. The molecule has 1 aliphatic rings. The van der Waals surface area contributed by atoms with Gasteiger partial charge in [-0.15, -0.1) is 0 Å². The predicted molar refractivity (Wildman–Crippen MR) is 90.4 cm³/mol. The summed E-state index contributed by atoms with van der Waals surface area (Å²) in [7, 11) is 0. The van der Waals surface area contributed by atoms with Crippen molar-refractivity contribution >= 4 is 44.8 Å². The summed E-state index contributed by atoms with van der Waals surface area (Å²) in [5.41, 5.74) is 3.72. The Kier molecular flexibility index (Phi) is 4.17. The van der Waals surface area contributed by atoms with Gasteiger partial charge in [-0.1, -0.05) is 17.7 Å². The number of hydrogen-bond donors (Lipinski definition) is 2. The average molecular weight is 366 g/mol. The van der Waals surface area contributed by atoms with E-state index in [2.05, 4.69) is 32.6 Å². The average Bonchev–Trinajstić information content (AvgIpc) is 2.50. The van der Waals surface area contributed by atoms with Crippen molar-refractivity contribution in [1.82, 2.24) is 0 Å². The second kappa shape index (κ2) is 6.08. The van der Waals surface area contributed by atoms with Gasteiger partial charge >= 0.3 is 0 Å². The summed E-state index contributed by atoms with van der Waals surface area (Å²) in [6.07, 6.45) is 2.23. The van der Waals surface area contributed by atoms with E-state index in [9.17, 15) is 4.79 Å². The SMILES string of the molecule is O=C(Nc1ccc2c(c1)NCCC2)c1ccc(Br)c(Cl)c1. The molecule has 0 bridgehead atoms. The van der Waals surface area contributed by atoms with Gasteiger partial charge in [-0.25, -0.2) is 0 Å². The first-order valence-electron chi connectivity index (χ1n) is 6.77. The van der Waals surface area contributed by atoms with Crippen LogP contribution < -0.4 is 10.6 Å². The molecule has 0 fully saturated rings. The minimum Gasteiger partial charge on any atom is -0.385 e. The van der Waals surface area contributed by atoms with Crippen molar-refractivity contribution in [2.45, 2.75) is 12.8 Å². The fraction of sp³-hybridized carbons (Fsp3) is 0.188. The first-order chi connectivity index (χ1) is 10.1. The van der Waals surface area contributed by atoms with Crippen molar-refractivity contribution in [2.24, 2.45) is 0 Å². The number of nitrogens with one attached hydrogen (secondary N) is 2. The summed E-state index contributed by atoms with van der Waals surface area (Å²) in [5, 5.41) is 6.78. The molecular weight excluding hydrogens is 352 g/mol. The quantitative estimate of drug-likeness (QED) is 0.809. The molecule has 1 aliphatic heterocycles. The molecule has 1 amide bonds. The van der Waals surface area contributed by atoms with E-state index in [0.717, 1.165) is 35.2 Å². The van der Waals surface area contributed by atoms with Crippen LogP contribution in [-0.4, -0.2) is 12.5 Å². The van der Waals surface area contributed by atoms with Gasteiger partial charge in [-0.2, -0.15) is 0 Å². The summed E-state index contributed by atoms with van der Waals surface area (Å²) in [6, 6.07) is 11.1. The van der Waals surface area contributed by atoms with Crippen molar-refractivity contribution < 1.29 is 4.79 Å². The molecular formula is C16H14BrClN2O. The Bertz CT molecular complexity index is 703. The van der Waals surface area contributed by atoms with Crippen LogP contribution in [0.3, 0.4) is 0 Å². The van der Waals surface area contributed by atoms with Crippen molar-refractivity contribution in [3.63, 3.8) is 0 Å². The molecule has 0 spiro atoms. The normalized spacial score (nSPS) is 13.2. The Morgan fingerprint density at radius 2 is 2.10 bits per heavy atom. The third kappa shape index (κ3) is 3.22. The van der Waals surface area contributed by atoms with Crippen molar-refractivity contribution in [3.8, 4) is 0 Å². The Balaban J connectivity index is 1.79. The lowest BCUT2D eigenvalue weighted by Gasteiger charge is -2.19. The summed E-state index contributed by atoms with van der Waals surface area (Å²) < 4.78 is 0.777. The largest absolute Gasteiger partial charge is 0.385 e. The summed E-state index contributed by atoms with van der Waals surface area (Å²) in [6.45, 7) is 0.979. The van der Waals surface area contributed by atoms with Crippen LogP contribution in [0.2, 0.25) is 5.02 Å². The van der Waals surface area contributed by atoms with E-state index in [1.54, 1.807) is 18.2 Å². The zero-order valence-corrected chi connectivity index (χ0v) is 13.6. The van der Waals surface area contributed by atoms with Gasteiger partial charge in [0.05, 0.1) is 5.02 Å². The van der Waals surface area contributed by atoms with E-state index >= 15 is 0 Å². The van der Waals surface area contributed by atoms with Crippen molar-refractivity contribution in [3.05, 3.63) is 57.0 Å². The third-order valence-electron chi connectivity index (χ3n) is 3.49. The molecule has 0 atom stereocenters. The monoisotopic (exact) mass is 364 g/mol. The molecule has 0 radical (unpaired) electrons. The van der Waals surface area contributed by atoms with E-state index in [4.69, 9.17) is 11.6 Å². The highest BCUT2D eigenvalue weighted by atomic mass is 79.9. The molecule has 1 heterocycles. The molecule has 108 valence electrons. The van der Waals surface area contributed by atoms with Gasteiger partial charge in [0.1, 0.15) is 0 Å². The van der Waals surface area contributed by atoms with Crippen LogP contribution in [0, 0.1) is 0 Å². The number of aryl methyl sites for hydroxylation is 1. The molecule has 0 aromatic heterocycles. The molecule has 21 heavy (non-hydrogen) atoms. The predicted octanol–water partition coefficient (Wildman–Crippen LogP) is 4.71. The number of rotatable bonds is 2. The minimum atomic E-state index is -0.167. The topological polar surface area (TPSA) is 41.1 Å². The number of fused-ring (bicyclic) bond motifs is 1. The van der Waals surface area contributed by atoms with Crippen molar-refractivity contribution in [2.75, 3.05) is 17.2 Å². The maximum absolute atomic E-state index is 12.2. The first kappa shape index (κ1) is 14.4. The molecule has 2 aromatic carbocycles. The van der Waals surface area contributed by atoms with Crippen LogP contribution >= 0.6 is 27.5 Å². The highest BCUT2D eigenvalue weighted by Gasteiger charge is 2.12. The van der Waals surface area contributed by atoms with Gasteiger partial charge in [0.15, 0.2) is 0 Å². The van der Waals surface area contributed by atoms with Gasteiger partial charge in [-0.3, -0.25) is 4.79 Å². The zero-order valence-electron chi connectivity index (χ0n) is 11.2. The van der Waals surface area contributed by atoms with Crippen LogP contribution in [-0.2, 0) is 6.42 Å². The summed E-state index contributed by atoms with van der Waals surface area (Å²) in [5.74, 6) is -0.167. The fourth-order valence-corrected chi connectivity index (χ4v) is 2.81. The Morgan fingerprint density at radius 1 is 1.24 bits per heavy atom. The second-order valence-corrected chi connectivity index (χ2v) is 6.25. The summed E-state index contributed by atoms with van der Waals surface area (Å²) >= 11 is 9.33. The smallest absolute Gasteiger partial charge is 0.255 e. The summed E-state index contributed by atoms with van der Waals surface area (Å²) in [4.78, 5) is 12.2. The number of halogens is 2. The Labute approximate surface area is 136 Å². The van der Waals surface area contributed by atoms with Crippen LogP contribution in [0.1, 0.15) is 22.3 Å². The maximum atomic E-state index is 12.2. The molecule has 0 saturated carbocycles. The van der Waals surface area contributed by atoms with Crippen LogP contribution in [0.5, 0.6) is 0 Å². The molecule has 3 nitrogen and oxygen atoms in total. The number of benzene rings is 2. The van der Waals surface area contributed by atoms with Gasteiger partial charge < -0.3 is 10.6 Å². The van der Waals surface area contributed by atoms with E-state index in [1.165, 1.54) is 5.56 Å². The number of carbonyl (C=O) groups excluding carboxylic acids is 1. The molecule has 0 aliphatic carbocycles. The van der Waals surface area contributed by atoms with Crippen LogP contribution in [0.15, 0.2) is 40.9 Å². The number of carbonyl (C=O) groups is 1. The Morgan fingerprint density at radius 3 is 2.90 bits per heavy atom. The number of anilines is 2. The number of amides is 1. The molecule has 2 aromatic rings. The molecule has 5 heteroatoms. The second-order valence-electron chi connectivity index (χ2n) is 4.99. The molecule has 2 N–H and O–H groups in total. The van der Waals surface area contributed by atoms with Crippen LogP contribution in [0.4, 0.5) is 11.4 Å². The van der Waals surface area contributed by atoms with Gasteiger partial charge in [0.2, 0.25) is 0 Å². The van der Waals surface area contributed by atoms with E-state index in [1.807, 2.05) is 12.1 Å². The fourth-order valence-electron chi connectivity index (χ4n) is 2.38.